The van der Waals surface area contributed by atoms with E-state index in [-0.39, 0.29) is 6.71 Å². The summed E-state index contributed by atoms with van der Waals surface area (Å²) >= 11 is 7.65. The van der Waals surface area contributed by atoms with E-state index in [0.717, 1.165) is 0 Å². The van der Waals surface area contributed by atoms with E-state index in [2.05, 4.69) is 175 Å². The average Bonchev–Trinajstić information content (AvgIpc) is 4.10. The quantitative estimate of drug-likeness (QED) is 0.157. The van der Waals surface area contributed by atoms with Crippen LogP contribution in [0.3, 0.4) is 0 Å². The molecule has 0 N–H and O–H groups in total. The van der Waals surface area contributed by atoms with Crippen LogP contribution in [0.2, 0.25) is 0 Å². The smallest absolute Gasteiger partial charge is 0.248 e. The minimum Gasteiger partial charge on any atom is -0.311 e. The lowest BCUT2D eigenvalue weighted by Crippen LogP contribution is -2.54. The summed E-state index contributed by atoms with van der Waals surface area (Å²) < 4.78 is 10.7. The summed E-state index contributed by atoms with van der Waals surface area (Å²) in [4.78, 5) is 2.63. The molecule has 15 rings (SSSR count). The first-order valence-electron chi connectivity index (χ1n) is 20.4. The molecule has 6 heteroatoms. The molecule has 0 aliphatic carbocycles. The van der Waals surface area contributed by atoms with Crippen molar-refractivity contribution in [1.82, 2.24) is 0 Å². The first-order chi connectivity index (χ1) is 29.7. The van der Waals surface area contributed by atoms with Crippen LogP contribution in [-0.4, -0.2) is 6.71 Å². The lowest BCUT2D eigenvalue weighted by molar-refractivity contribution is 1.31. The zero-order valence-electron chi connectivity index (χ0n) is 31.8. The summed E-state index contributed by atoms with van der Waals surface area (Å²) in [6.07, 6.45) is 0. The predicted octanol–water partition coefficient (Wildman–Crippen LogP) is 15.1. The van der Waals surface area contributed by atoms with E-state index in [4.69, 9.17) is 0 Å². The molecule has 0 saturated carbocycles. The number of benzene rings is 9. The largest absolute Gasteiger partial charge is 0.311 e. The molecule has 0 bridgehead atoms. The van der Waals surface area contributed by atoms with Crippen molar-refractivity contribution in [3.63, 3.8) is 0 Å². The molecular weight excluding hydrogens is 802 g/mol. The van der Waals surface area contributed by atoms with Crippen LogP contribution >= 0.6 is 45.3 Å². The highest BCUT2D eigenvalue weighted by atomic mass is 32.1. The summed E-state index contributed by atoms with van der Waals surface area (Å²) in [6, 6.07) is 65.0. The maximum atomic E-state index is 2.63. The second kappa shape index (κ2) is 11.7. The van der Waals surface area contributed by atoms with Crippen molar-refractivity contribution < 1.29 is 0 Å². The average molecular weight is 830 g/mol. The van der Waals surface area contributed by atoms with Gasteiger partial charge in [-0.1, -0.05) is 96.5 Å². The van der Waals surface area contributed by atoms with Crippen LogP contribution < -0.4 is 21.3 Å². The third-order valence-corrected chi connectivity index (χ3v) is 17.9. The van der Waals surface area contributed by atoms with Crippen molar-refractivity contribution in [2.75, 3.05) is 4.90 Å². The van der Waals surface area contributed by atoms with E-state index in [1.54, 1.807) is 0 Å². The van der Waals surface area contributed by atoms with Crippen molar-refractivity contribution in [2.24, 2.45) is 0 Å². The molecule has 0 atom stereocenters. The fraction of sp³-hybridized carbons (Fsp3) is 0. The molecule has 0 unspecified atom stereocenters. The molecule has 0 spiro atoms. The molecule has 6 heterocycles. The maximum absolute atomic E-state index is 2.63. The Morgan fingerprint density at radius 1 is 0.333 bits per heavy atom. The van der Waals surface area contributed by atoms with Gasteiger partial charge < -0.3 is 4.90 Å². The van der Waals surface area contributed by atoms with E-state index in [0.29, 0.717) is 0 Å². The Hall–Kier alpha value is -6.28. The normalized spacial score (nSPS) is 13.3. The topological polar surface area (TPSA) is 3.24 Å². The van der Waals surface area contributed by atoms with Gasteiger partial charge in [0.1, 0.15) is 0 Å². The molecule has 0 saturated heterocycles. The van der Waals surface area contributed by atoms with E-state index in [1.807, 2.05) is 45.3 Å². The van der Waals surface area contributed by atoms with Gasteiger partial charge in [-0.3, -0.25) is 0 Å². The van der Waals surface area contributed by atoms with Crippen LogP contribution in [-0.2, 0) is 0 Å². The van der Waals surface area contributed by atoms with Gasteiger partial charge in [0.05, 0.1) is 0 Å². The molecule has 4 aromatic heterocycles. The SMILES string of the molecule is c1ccc2c(c1)sc1ccc(N3c4cc5c(cc4B4c6cc7sc8ccccc8c7cc6-c6cc(-c7cccc8c7sc7ccccc78)cc3c64)sc3ccccc35)cc12. The Balaban J connectivity index is 1.09. The van der Waals surface area contributed by atoms with Gasteiger partial charge in [-0.2, -0.15) is 0 Å². The Morgan fingerprint density at radius 2 is 0.883 bits per heavy atom. The Kier molecular flexibility index (Phi) is 6.36. The minimum absolute atomic E-state index is 0.111. The summed E-state index contributed by atoms with van der Waals surface area (Å²) in [5.41, 5.74) is 13.3. The molecule has 0 fully saturated rings. The van der Waals surface area contributed by atoms with E-state index in [1.165, 1.54) is 136 Å². The standard InChI is InChI=1S/C54H28BNS4/c1-8-19-49-32(10-1)36-15-9-14-31(54(36)60-49)29-22-41-37-25-39-34-12-3-6-17-47(34)58-51(39)27-42(37)55-43-28-52-40(35-13-4-7-18-48(35)59-52)26-44(43)56(45(23-29)53(41)55)30-20-21-50-38(24-30)33-11-2-5-16-46(33)57-50/h1-28H. The highest BCUT2D eigenvalue weighted by molar-refractivity contribution is 7.27. The Bertz CT molecular complexity index is 4050. The first kappa shape index (κ1) is 32.6. The lowest BCUT2D eigenvalue weighted by Gasteiger charge is -2.36. The highest BCUT2D eigenvalue weighted by Gasteiger charge is 2.44. The summed E-state index contributed by atoms with van der Waals surface area (Å²) in [5, 5.41) is 10.7. The second-order valence-corrected chi connectivity index (χ2v) is 20.6. The molecule has 2 aliphatic heterocycles. The molecule has 0 radical (unpaired) electrons. The van der Waals surface area contributed by atoms with Crippen molar-refractivity contribution >= 4 is 166 Å². The fourth-order valence-electron chi connectivity index (χ4n) is 10.7. The van der Waals surface area contributed by atoms with Crippen LogP contribution in [0.25, 0.3) is 103 Å². The summed E-state index contributed by atoms with van der Waals surface area (Å²) in [7, 11) is 0. The third-order valence-electron chi connectivity index (χ3n) is 13.2. The molecule has 60 heavy (non-hydrogen) atoms. The van der Waals surface area contributed by atoms with Gasteiger partial charge in [0, 0.05) is 97.8 Å². The zero-order valence-corrected chi connectivity index (χ0v) is 35.1. The molecule has 276 valence electrons. The number of hydrogen-bond donors (Lipinski definition) is 0. The Labute approximate surface area is 360 Å². The monoisotopic (exact) mass is 829 g/mol. The number of fused-ring (bicyclic) bond motifs is 17. The van der Waals surface area contributed by atoms with E-state index >= 15 is 0 Å². The van der Waals surface area contributed by atoms with Gasteiger partial charge in [0.2, 0.25) is 6.71 Å². The second-order valence-electron chi connectivity index (χ2n) is 16.3. The van der Waals surface area contributed by atoms with Crippen molar-refractivity contribution in [1.29, 1.82) is 0 Å². The van der Waals surface area contributed by atoms with Crippen molar-refractivity contribution in [3.8, 4) is 22.3 Å². The van der Waals surface area contributed by atoms with Crippen LogP contribution in [0.15, 0.2) is 170 Å². The van der Waals surface area contributed by atoms with Crippen molar-refractivity contribution in [3.05, 3.63) is 170 Å². The van der Waals surface area contributed by atoms with Gasteiger partial charge >= 0.3 is 0 Å². The predicted molar refractivity (Wildman–Crippen MR) is 268 cm³/mol. The first-order valence-corrected chi connectivity index (χ1v) is 23.7. The van der Waals surface area contributed by atoms with Gasteiger partial charge in [-0.15, -0.1) is 45.3 Å². The Morgan fingerprint density at radius 3 is 1.58 bits per heavy atom. The molecule has 1 nitrogen and oxygen atoms in total. The highest BCUT2D eigenvalue weighted by Crippen LogP contribution is 2.49. The van der Waals surface area contributed by atoms with Gasteiger partial charge in [-0.05, 0) is 112 Å². The molecule has 0 amide bonds. The van der Waals surface area contributed by atoms with Crippen molar-refractivity contribution in [2.45, 2.75) is 0 Å². The summed E-state index contributed by atoms with van der Waals surface area (Å²) in [6.45, 7) is 0.111. The molecule has 2 aliphatic rings. The number of hydrogen-bond acceptors (Lipinski definition) is 5. The van der Waals surface area contributed by atoms with E-state index in [9.17, 15) is 0 Å². The number of rotatable bonds is 2. The lowest BCUT2D eigenvalue weighted by atomic mass is 9.37. The van der Waals surface area contributed by atoms with Crippen LogP contribution in [0, 0.1) is 0 Å². The van der Waals surface area contributed by atoms with Gasteiger partial charge in [-0.25, -0.2) is 0 Å². The summed E-state index contributed by atoms with van der Waals surface area (Å²) in [5.74, 6) is 0. The van der Waals surface area contributed by atoms with E-state index < -0.39 is 0 Å². The van der Waals surface area contributed by atoms with Crippen LogP contribution in [0.1, 0.15) is 0 Å². The molecule has 9 aromatic carbocycles. The maximum Gasteiger partial charge on any atom is 0.248 e. The van der Waals surface area contributed by atoms with Gasteiger partial charge in [0.15, 0.2) is 0 Å². The van der Waals surface area contributed by atoms with Crippen LogP contribution in [0.5, 0.6) is 0 Å². The third kappa shape index (κ3) is 4.26. The molecular formula is C54H28BNS4. The molecule has 13 aromatic rings. The zero-order chi connectivity index (χ0) is 38.8. The number of nitrogens with zero attached hydrogens (tertiary/aromatic N) is 1. The minimum atomic E-state index is 0.111. The fourth-order valence-corrected chi connectivity index (χ4v) is 15.3. The number of anilines is 3. The number of thiophene rings is 4. The van der Waals surface area contributed by atoms with Crippen LogP contribution in [0.4, 0.5) is 17.1 Å². The van der Waals surface area contributed by atoms with Gasteiger partial charge in [0.25, 0.3) is 0 Å².